The Bertz CT molecular complexity index is 788. The third-order valence-electron chi connectivity index (χ3n) is 2.34. The number of carbonyl (C=O) groups excluding carboxylic acids is 1. The molecule has 2 rings (SSSR count). The molecule has 2 aromatic rings. The van der Waals surface area contributed by atoms with Gasteiger partial charge in [-0.25, -0.2) is 18.0 Å². The number of ether oxygens (including phenoxy) is 1. The van der Waals surface area contributed by atoms with E-state index in [1.165, 1.54) is 23.6 Å². The summed E-state index contributed by atoms with van der Waals surface area (Å²) < 4.78 is 31.2. The zero-order valence-electron chi connectivity index (χ0n) is 10.5. The third kappa shape index (κ3) is 3.23. The predicted molar refractivity (Wildman–Crippen MR) is 77.7 cm³/mol. The Labute approximate surface area is 127 Å². The first-order chi connectivity index (χ1) is 9.85. The SMILES string of the molecule is COC(=O)c1sccc1S(=O)(=O)Nc1ccc(C(=O)O)s1. The first-order valence-electron chi connectivity index (χ1n) is 5.37. The summed E-state index contributed by atoms with van der Waals surface area (Å²) in [4.78, 5) is 22.0. The quantitative estimate of drug-likeness (QED) is 0.802. The van der Waals surface area contributed by atoms with Crippen molar-refractivity contribution < 1.29 is 27.9 Å². The molecule has 0 bridgehead atoms. The highest BCUT2D eigenvalue weighted by Crippen LogP contribution is 2.28. The number of aromatic carboxylic acids is 1. The van der Waals surface area contributed by atoms with Crippen LogP contribution in [0.2, 0.25) is 0 Å². The zero-order valence-corrected chi connectivity index (χ0v) is 13.0. The van der Waals surface area contributed by atoms with Gasteiger partial charge in [0.15, 0.2) is 0 Å². The van der Waals surface area contributed by atoms with Gasteiger partial charge >= 0.3 is 11.9 Å². The van der Waals surface area contributed by atoms with Crippen molar-refractivity contribution in [2.75, 3.05) is 11.8 Å². The monoisotopic (exact) mass is 347 g/mol. The van der Waals surface area contributed by atoms with Gasteiger partial charge in [-0.2, -0.15) is 0 Å². The molecule has 0 saturated heterocycles. The van der Waals surface area contributed by atoms with Crippen LogP contribution in [0.4, 0.5) is 5.00 Å². The Morgan fingerprint density at radius 3 is 2.57 bits per heavy atom. The molecule has 0 aliphatic rings. The lowest BCUT2D eigenvalue weighted by Crippen LogP contribution is -2.15. The van der Waals surface area contributed by atoms with Crippen LogP contribution in [0.5, 0.6) is 0 Å². The minimum Gasteiger partial charge on any atom is -0.477 e. The van der Waals surface area contributed by atoms with Crippen molar-refractivity contribution >= 4 is 49.6 Å². The van der Waals surface area contributed by atoms with E-state index in [0.29, 0.717) is 0 Å². The Morgan fingerprint density at radius 1 is 1.29 bits per heavy atom. The fourth-order valence-electron chi connectivity index (χ4n) is 1.45. The van der Waals surface area contributed by atoms with Crippen molar-refractivity contribution in [3.05, 3.63) is 33.3 Å². The number of hydrogen-bond acceptors (Lipinski definition) is 7. The molecule has 2 aromatic heterocycles. The molecule has 0 aromatic carbocycles. The van der Waals surface area contributed by atoms with Crippen LogP contribution in [0, 0.1) is 0 Å². The van der Waals surface area contributed by atoms with E-state index in [1.807, 2.05) is 0 Å². The number of carbonyl (C=O) groups is 2. The Morgan fingerprint density at radius 2 is 2.00 bits per heavy atom. The van der Waals surface area contributed by atoms with Crippen LogP contribution < -0.4 is 4.72 Å². The van der Waals surface area contributed by atoms with Crippen molar-refractivity contribution in [3.63, 3.8) is 0 Å². The zero-order chi connectivity index (χ0) is 15.6. The highest BCUT2D eigenvalue weighted by Gasteiger charge is 2.25. The molecule has 0 spiro atoms. The van der Waals surface area contributed by atoms with Crippen molar-refractivity contribution in [1.82, 2.24) is 0 Å². The molecule has 7 nitrogen and oxygen atoms in total. The molecule has 2 heterocycles. The van der Waals surface area contributed by atoms with Gasteiger partial charge in [-0.05, 0) is 23.6 Å². The van der Waals surface area contributed by atoms with Gasteiger partial charge in [0, 0.05) is 0 Å². The van der Waals surface area contributed by atoms with E-state index < -0.39 is 22.0 Å². The van der Waals surface area contributed by atoms with Gasteiger partial charge in [0.25, 0.3) is 10.0 Å². The van der Waals surface area contributed by atoms with E-state index >= 15 is 0 Å². The summed E-state index contributed by atoms with van der Waals surface area (Å²) in [6.07, 6.45) is 0. The molecule has 0 saturated carbocycles. The fraction of sp³-hybridized carbons (Fsp3) is 0.0909. The van der Waals surface area contributed by atoms with E-state index in [2.05, 4.69) is 9.46 Å². The van der Waals surface area contributed by atoms with Crippen molar-refractivity contribution in [2.45, 2.75) is 4.90 Å². The number of rotatable bonds is 5. The van der Waals surface area contributed by atoms with Gasteiger partial charge < -0.3 is 9.84 Å². The summed E-state index contributed by atoms with van der Waals surface area (Å²) >= 11 is 1.73. The van der Waals surface area contributed by atoms with Crippen molar-refractivity contribution in [1.29, 1.82) is 0 Å². The third-order valence-corrected chi connectivity index (χ3v) is 5.89. The lowest BCUT2D eigenvalue weighted by Gasteiger charge is -2.05. The Balaban J connectivity index is 2.32. The molecule has 2 N–H and O–H groups in total. The maximum atomic E-state index is 12.2. The summed E-state index contributed by atoms with van der Waals surface area (Å²) in [6.45, 7) is 0. The van der Waals surface area contributed by atoms with Gasteiger partial charge in [-0.15, -0.1) is 22.7 Å². The molecule has 0 aliphatic carbocycles. The highest BCUT2D eigenvalue weighted by atomic mass is 32.2. The standard InChI is InChI=1S/C11H9NO6S3/c1-18-11(15)9-7(4-5-19-9)21(16,17)12-8-3-2-6(20-8)10(13)14/h2-5,12H,1H3,(H,13,14). The highest BCUT2D eigenvalue weighted by molar-refractivity contribution is 7.93. The Kier molecular flexibility index (Phi) is 4.30. The number of thiophene rings is 2. The van der Waals surface area contributed by atoms with E-state index in [4.69, 9.17) is 5.11 Å². The molecule has 0 fully saturated rings. The molecule has 0 amide bonds. The molecule has 10 heteroatoms. The summed E-state index contributed by atoms with van der Waals surface area (Å²) in [5.74, 6) is -1.89. The topological polar surface area (TPSA) is 110 Å². The Hall–Kier alpha value is -1.91. The molecule has 0 atom stereocenters. The second kappa shape index (κ2) is 5.84. The summed E-state index contributed by atoms with van der Waals surface area (Å²) in [5.41, 5.74) is 0. The first-order valence-corrected chi connectivity index (χ1v) is 8.55. The number of esters is 1. The van der Waals surface area contributed by atoms with Crippen molar-refractivity contribution in [2.24, 2.45) is 0 Å². The fourth-order valence-corrected chi connectivity index (χ4v) is 4.82. The molecule has 0 unspecified atom stereocenters. The van der Waals surface area contributed by atoms with Crippen LogP contribution >= 0.6 is 22.7 Å². The normalized spacial score (nSPS) is 11.1. The van der Waals surface area contributed by atoms with E-state index in [9.17, 15) is 18.0 Å². The smallest absolute Gasteiger partial charge is 0.349 e. The number of carboxylic acids is 1. The number of methoxy groups -OCH3 is 1. The van der Waals surface area contributed by atoms with Gasteiger partial charge in [-0.1, -0.05) is 0 Å². The van der Waals surface area contributed by atoms with E-state index in [-0.39, 0.29) is 19.7 Å². The number of hydrogen-bond donors (Lipinski definition) is 2. The predicted octanol–water partition coefficient (Wildman–Crippen LogP) is 2.10. The molecule has 0 radical (unpaired) electrons. The average molecular weight is 347 g/mol. The average Bonchev–Trinajstić information content (AvgIpc) is 3.05. The number of anilines is 1. The van der Waals surface area contributed by atoms with Crippen LogP contribution in [-0.2, 0) is 14.8 Å². The summed E-state index contributed by atoms with van der Waals surface area (Å²) in [7, 11) is -2.83. The van der Waals surface area contributed by atoms with Crippen LogP contribution in [0.15, 0.2) is 28.5 Å². The van der Waals surface area contributed by atoms with E-state index in [1.54, 1.807) is 0 Å². The van der Waals surface area contributed by atoms with Gasteiger partial charge in [-0.3, -0.25) is 4.72 Å². The minimum atomic E-state index is -3.99. The second-order valence-corrected chi connectivity index (χ2v) is 7.33. The molecular weight excluding hydrogens is 338 g/mol. The molecule has 0 aliphatic heterocycles. The minimum absolute atomic E-state index is 0.00575. The lowest BCUT2D eigenvalue weighted by atomic mass is 10.5. The second-order valence-electron chi connectivity index (χ2n) is 3.68. The maximum absolute atomic E-state index is 12.2. The van der Waals surface area contributed by atoms with Crippen LogP contribution in [-0.4, -0.2) is 32.6 Å². The van der Waals surface area contributed by atoms with E-state index in [0.717, 1.165) is 29.8 Å². The van der Waals surface area contributed by atoms with Crippen molar-refractivity contribution in [3.8, 4) is 0 Å². The van der Waals surface area contributed by atoms with Crippen LogP contribution in [0.25, 0.3) is 0 Å². The lowest BCUT2D eigenvalue weighted by molar-refractivity contribution is 0.0601. The first kappa shape index (κ1) is 15.5. The van der Waals surface area contributed by atoms with Gasteiger partial charge in [0.2, 0.25) is 0 Å². The van der Waals surface area contributed by atoms with Gasteiger partial charge in [0.05, 0.1) is 7.11 Å². The van der Waals surface area contributed by atoms with Crippen LogP contribution in [0.3, 0.4) is 0 Å². The van der Waals surface area contributed by atoms with Crippen LogP contribution in [0.1, 0.15) is 19.3 Å². The molecular formula is C11H9NO6S3. The maximum Gasteiger partial charge on any atom is 0.349 e. The summed E-state index contributed by atoms with van der Waals surface area (Å²) in [5, 5.41) is 10.4. The largest absolute Gasteiger partial charge is 0.477 e. The summed E-state index contributed by atoms with van der Waals surface area (Å²) in [6, 6.07) is 3.92. The number of nitrogens with one attached hydrogen (secondary N) is 1. The van der Waals surface area contributed by atoms with Gasteiger partial charge in [0.1, 0.15) is 19.7 Å². The molecule has 112 valence electrons. The number of sulfonamides is 1. The molecule has 21 heavy (non-hydrogen) atoms. The number of carboxylic acid groups (broad SMARTS) is 1.